The number of hydrogen-bond acceptors (Lipinski definition) is 2. The maximum Gasteiger partial charge on any atom is 0.316 e. The molecule has 3 heteroatoms. The predicted octanol–water partition coefficient (Wildman–Crippen LogP) is 4.17. The van der Waals surface area contributed by atoms with Gasteiger partial charge < -0.3 is 9.55 Å². The minimum Gasteiger partial charge on any atom is -0.497 e. The van der Waals surface area contributed by atoms with Gasteiger partial charge in [0.2, 0.25) is 0 Å². The van der Waals surface area contributed by atoms with Crippen LogP contribution in [0.4, 0.5) is 5.69 Å². The van der Waals surface area contributed by atoms with Crippen molar-refractivity contribution in [2.75, 3.05) is 11.9 Å². The van der Waals surface area contributed by atoms with Crippen molar-refractivity contribution in [3.63, 3.8) is 0 Å². The number of fused-ring (bicyclic) bond motifs is 1. The Hall–Kier alpha value is -2.94. The van der Waals surface area contributed by atoms with E-state index in [0.29, 0.717) is 0 Å². The van der Waals surface area contributed by atoms with Crippen LogP contribution < -0.4 is 15.0 Å². The van der Waals surface area contributed by atoms with Crippen LogP contribution in [0, 0.1) is 0 Å². The molecule has 1 heterocycles. The van der Waals surface area contributed by atoms with E-state index in [1.54, 1.807) is 7.11 Å². The van der Waals surface area contributed by atoms with Crippen LogP contribution in [-0.2, 0) is 6.54 Å². The van der Waals surface area contributed by atoms with Gasteiger partial charge in [0, 0.05) is 12.2 Å². The fourth-order valence-corrected chi connectivity index (χ4v) is 3.42. The Morgan fingerprint density at radius 1 is 0.880 bits per heavy atom. The standard InChI is InChI=1S/C22H20BNO/c1-25-21-12-7-11-20(16-21)23-15-14-19-10-5-6-13-22(19)24(23)17-18-8-3-2-4-9-18/h2-16H,17H2,1H3. The average Bonchev–Trinajstić information content (AvgIpc) is 2.69. The quantitative estimate of drug-likeness (QED) is 0.668. The summed E-state index contributed by atoms with van der Waals surface area (Å²) in [4.78, 5) is 2.46. The fraction of sp³-hybridized carbons (Fsp3) is 0.0909. The van der Waals surface area contributed by atoms with Crippen molar-refractivity contribution in [3.8, 4) is 5.75 Å². The first-order chi connectivity index (χ1) is 12.3. The van der Waals surface area contributed by atoms with Gasteiger partial charge in [-0.25, -0.2) is 0 Å². The summed E-state index contributed by atoms with van der Waals surface area (Å²) in [6.07, 6.45) is 2.22. The highest BCUT2D eigenvalue weighted by Crippen LogP contribution is 2.29. The van der Waals surface area contributed by atoms with Gasteiger partial charge in [-0.3, -0.25) is 0 Å². The minimum absolute atomic E-state index is 0.185. The second-order valence-electron chi connectivity index (χ2n) is 6.25. The Kier molecular flexibility index (Phi) is 4.30. The van der Waals surface area contributed by atoms with E-state index in [-0.39, 0.29) is 6.85 Å². The minimum atomic E-state index is 0.185. The molecule has 0 N–H and O–H groups in total. The summed E-state index contributed by atoms with van der Waals surface area (Å²) in [6, 6.07) is 27.6. The molecular weight excluding hydrogens is 305 g/mol. The summed E-state index contributed by atoms with van der Waals surface area (Å²) in [7, 11) is 1.72. The van der Waals surface area contributed by atoms with Crippen LogP contribution in [0.15, 0.2) is 84.8 Å². The zero-order chi connectivity index (χ0) is 17.1. The van der Waals surface area contributed by atoms with E-state index in [1.807, 2.05) is 6.07 Å². The van der Waals surface area contributed by atoms with Gasteiger partial charge >= 0.3 is 6.85 Å². The summed E-state index contributed by atoms with van der Waals surface area (Å²) in [5.41, 5.74) is 5.07. The number of para-hydroxylation sites is 1. The molecule has 0 unspecified atom stereocenters. The molecule has 0 spiro atoms. The Bertz CT molecular complexity index is 891. The molecule has 25 heavy (non-hydrogen) atoms. The molecule has 0 aromatic heterocycles. The van der Waals surface area contributed by atoms with Crippen LogP contribution in [-0.4, -0.2) is 14.0 Å². The van der Waals surface area contributed by atoms with E-state index in [1.165, 1.54) is 22.3 Å². The van der Waals surface area contributed by atoms with Crippen LogP contribution in [0.2, 0.25) is 0 Å². The van der Waals surface area contributed by atoms with Crippen LogP contribution in [0.1, 0.15) is 11.1 Å². The maximum absolute atomic E-state index is 5.43. The zero-order valence-corrected chi connectivity index (χ0v) is 14.3. The second-order valence-corrected chi connectivity index (χ2v) is 6.25. The molecule has 1 aliphatic rings. The van der Waals surface area contributed by atoms with Gasteiger partial charge in [-0.05, 0) is 34.8 Å². The molecular formula is C22H20BNO. The third-order valence-electron chi connectivity index (χ3n) is 4.67. The zero-order valence-electron chi connectivity index (χ0n) is 14.3. The summed E-state index contributed by atoms with van der Waals surface area (Å²) >= 11 is 0. The topological polar surface area (TPSA) is 12.5 Å². The molecule has 0 amide bonds. The SMILES string of the molecule is COc1cccc(B2C=Cc3ccccc3N2Cc2ccccc2)c1. The maximum atomic E-state index is 5.43. The molecule has 3 aromatic rings. The Morgan fingerprint density at radius 3 is 2.52 bits per heavy atom. The predicted molar refractivity (Wildman–Crippen MR) is 106 cm³/mol. The number of ether oxygens (including phenoxy) is 1. The van der Waals surface area contributed by atoms with Crippen LogP contribution >= 0.6 is 0 Å². The molecule has 0 saturated heterocycles. The average molecular weight is 325 g/mol. The number of benzene rings is 3. The van der Waals surface area contributed by atoms with Crippen LogP contribution in [0.5, 0.6) is 5.75 Å². The Balaban J connectivity index is 1.76. The molecule has 1 aliphatic heterocycles. The van der Waals surface area contributed by atoms with Crippen LogP contribution in [0.25, 0.3) is 6.08 Å². The molecule has 0 saturated carbocycles. The molecule has 3 aromatic carbocycles. The van der Waals surface area contributed by atoms with E-state index in [9.17, 15) is 0 Å². The van der Waals surface area contributed by atoms with Gasteiger partial charge in [0.05, 0.1) is 7.11 Å². The highest BCUT2D eigenvalue weighted by molar-refractivity contribution is 6.82. The third kappa shape index (κ3) is 3.18. The van der Waals surface area contributed by atoms with Gasteiger partial charge in [-0.2, -0.15) is 0 Å². The molecule has 0 radical (unpaired) electrons. The van der Waals surface area contributed by atoms with Crippen molar-refractivity contribution in [2.45, 2.75) is 6.54 Å². The first-order valence-corrected chi connectivity index (χ1v) is 8.57. The normalized spacial score (nSPS) is 12.8. The van der Waals surface area contributed by atoms with Crippen molar-refractivity contribution < 1.29 is 4.74 Å². The monoisotopic (exact) mass is 325 g/mol. The third-order valence-corrected chi connectivity index (χ3v) is 4.67. The number of rotatable bonds is 4. The van der Waals surface area contributed by atoms with E-state index in [2.05, 4.69) is 89.7 Å². The molecule has 0 aliphatic carbocycles. The van der Waals surface area contributed by atoms with Crippen LogP contribution in [0.3, 0.4) is 0 Å². The van der Waals surface area contributed by atoms with Crippen molar-refractivity contribution in [3.05, 3.63) is 96.0 Å². The summed E-state index contributed by atoms with van der Waals surface area (Å²) in [5, 5.41) is 0. The molecule has 0 fully saturated rings. The number of hydrogen-bond donors (Lipinski definition) is 0. The van der Waals surface area contributed by atoms with Crippen molar-refractivity contribution in [2.24, 2.45) is 0 Å². The van der Waals surface area contributed by atoms with Crippen molar-refractivity contribution >= 4 is 24.1 Å². The number of nitrogens with zero attached hydrogens (tertiary/aromatic N) is 1. The Labute approximate surface area is 149 Å². The fourth-order valence-electron chi connectivity index (χ4n) is 3.42. The van der Waals surface area contributed by atoms with Gasteiger partial charge in [-0.1, -0.05) is 72.7 Å². The molecule has 4 rings (SSSR count). The lowest BCUT2D eigenvalue weighted by Gasteiger charge is -2.34. The van der Waals surface area contributed by atoms with Crippen molar-refractivity contribution in [1.29, 1.82) is 0 Å². The highest BCUT2D eigenvalue weighted by Gasteiger charge is 2.28. The van der Waals surface area contributed by atoms with Gasteiger partial charge in [0.15, 0.2) is 0 Å². The first-order valence-electron chi connectivity index (χ1n) is 8.57. The molecule has 2 nitrogen and oxygen atoms in total. The largest absolute Gasteiger partial charge is 0.497 e. The smallest absolute Gasteiger partial charge is 0.316 e. The summed E-state index contributed by atoms with van der Waals surface area (Å²) in [5.74, 6) is 3.17. The second kappa shape index (κ2) is 6.90. The molecule has 0 atom stereocenters. The molecule has 122 valence electrons. The van der Waals surface area contributed by atoms with E-state index in [4.69, 9.17) is 4.74 Å². The number of methoxy groups -OCH3 is 1. The van der Waals surface area contributed by atoms with Gasteiger partial charge in [-0.15, -0.1) is 0 Å². The summed E-state index contributed by atoms with van der Waals surface area (Å²) < 4.78 is 5.43. The van der Waals surface area contributed by atoms with E-state index in [0.717, 1.165) is 12.3 Å². The lowest BCUT2D eigenvalue weighted by atomic mass is 9.52. The molecule has 0 bridgehead atoms. The van der Waals surface area contributed by atoms with E-state index >= 15 is 0 Å². The lowest BCUT2D eigenvalue weighted by Crippen LogP contribution is -2.48. The summed E-state index contributed by atoms with van der Waals surface area (Å²) in [6.45, 7) is 1.05. The Morgan fingerprint density at radius 2 is 1.68 bits per heavy atom. The highest BCUT2D eigenvalue weighted by atomic mass is 16.5. The first kappa shape index (κ1) is 15.6. The van der Waals surface area contributed by atoms with Gasteiger partial charge in [0.1, 0.15) is 5.75 Å². The lowest BCUT2D eigenvalue weighted by molar-refractivity contribution is 0.415. The van der Waals surface area contributed by atoms with Gasteiger partial charge in [0.25, 0.3) is 0 Å². The number of anilines is 1. The van der Waals surface area contributed by atoms with E-state index < -0.39 is 0 Å². The van der Waals surface area contributed by atoms with Crippen molar-refractivity contribution in [1.82, 2.24) is 0 Å².